The third-order valence-corrected chi connectivity index (χ3v) is 3.92. The molecule has 0 saturated carbocycles. The third kappa shape index (κ3) is 3.18. The van der Waals surface area contributed by atoms with E-state index in [1.54, 1.807) is 6.07 Å². The van der Waals surface area contributed by atoms with Crippen molar-refractivity contribution in [2.45, 2.75) is 45.1 Å². The molecule has 0 aromatic carbocycles. The van der Waals surface area contributed by atoms with Crippen LogP contribution in [-0.4, -0.2) is 28.6 Å². The topological polar surface area (TPSA) is 53.4 Å². The fourth-order valence-corrected chi connectivity index (χ4v) is 2.87. The second-order valence-electron chi connectivity index (χ2n) is 4.96. The minimum Gasteiger partial charge on any atom is -0.478 e. The van der Waals surface area contributed by atoms with Gasteiger partial charge in [0.25, 0.3) is 0 Å². The summed E-state index contributed by atoms with van der Waals surface area (Å²) in [6.07, 6.45) is 7.21. The summed E-state index contributed by atoms with van der Waals surface area (Å²) in [6.45, 7) is 3.11. The first-order valence-corrected chi connectivity index (χ1v) is 7.16. The van der Waals surface area contributed by atoms with Gasteiger partial charge in [-0.1, -0.05) is 24.9 Å². The molecule has 5 heteroatoms. The molecule has 1 aromatic rings. The van der Waals surface area contributed by atoms with E-state index in [1.165, 1.54) is 12.6 Å². The first-order valence-electron chi connectivity index (χ1n) is 6.79. The maximum absolute atomic E-state index is 11.1. The van der Waals surface area contributed by atoms with E-state index in [9.17, 15) is 4.79 Å². The number of halogens is 1. The number of aromatic carboxylic acids is 1. The van der Waals surface area contributed by atoms with Crippen LogP contribution in [-0.2, 0) is 0 Å². The molecule has 1 unspecified atom stereocenters. The number of hydrogen-bond acceptors (Lipinski definition) is 3. The zero-order valence-electron chi connectivity index (χ0n) is 11.1. The Morgan fingerprint density at radius 2 is 2.37 bits per heavy atom. The Hall–Kier alpha value is -1.29. The predicted molar refractivity (Wildman–Crippen MR) is 76.1 cm³/mol. The lowest BCUT2D eigenvalue weighted by atomic mass is 9.98. The molecular formula is C14H19ClN2O2. The van der Waals surface area contributed by atoms with Crippen LogP contribution in [0.1, 0.15) is 49.4 Å². The Kier molecular flexibility index (Phi) is 4.64. The zero-order chi connectivity index (χ0) is 13.8. The Morgan fingerprint density at radius 3 is 3.05 bits per heavy atom. The molecule has 0 bridgehead atoms. The smallest absolute Gasteiger partial charge is 0.337 e. The number of anilines is 1. The van der Waals surface area contributed by atoms with E-state index in [1.807, 2.05) is 0 Å². The number of piperidine rings is 1. The molecule has 1 atom stereocenters. The van der Waals surface area contributed by atoms with Crippen molar-refractivity contribution < 1.29 is 9.90 Å². The van der Waals surface area contributed by atoms with E-state index >= 15 is 0 Å². The quantitative estimate of drug-likeness (QED) is 0.917. The Morgan fingerprint density at radius 1 is 1.58 bits per heavy atom. The molecule has 0 spiro atoms. The van der Waals surface area contributed by atoms with Crippen molar-refractivity contribution in [3.8, 4) is 0 Å². The first kappa shape index (κ1) is 14.1. The molecule has 0 radical (unpaired) electrons. The molecule has 0 aliphatic carbocycles. The molecule has 1 aromatic heterocycles. The van der Waals surface area contributed by atoms with Crippen molar-refractivity contribution in [1.29, 1.82) is 0 Å². The Labute approximate surface area is 118 Å². The van der Waals surface area contributed by atoms with Gasteiger partial charge in [0, 0.05) is 18.8 Å². The summed E-state index contributed by atoms with van der Waals surface area (Å²) in [5.41, 5.74) is 0.132. The van der Waals surface area contributed by atoms with Crippen LogP contribution in [0.25, 0.3) is 0 Å². The van der Waals surface area contributed by atoms with Crippen molar-refractivity contribution in [2.75, 3.05) is 11.4 Å². The van der Waals surface area contributed by atoms with Gasteiger partial charge in [0.05, 0.1) is 10.6 Å². The molecule has 1 aliphatic rings. The number of hydrogen-bond donors (Lipinski definition) is 1. The largest absolute Gasteiger partial charge is 0.478 e. The summed E-state index contributed by atoms with van der Waals surface area (Å²) < 4.78 is 0. The Bertz CT molecular complexity index is 463. The molecule has 2 rings (SSSR count). The van der Waals surface area contributed by atoms with Crippen LogP contribution in [0.4, 0.5) is 5.82 Å². The number of nitrogens with zero attached hydrogens (tertiary/aromatic N) is 2. The van der Waals surface area contributed by atoms with Gasteiger partial charge in [0.1, 0.15) is 5.82 Å². The molecule has 0 amide bonds. The van der Waals surface area contributed by atoms with E-state index in [4.69, 9.17) is 16.7 Å². The van der Waals surface area contributed by atoms with E-state index in [-0.39, 0.29) is 10.6 Å². The summed E-state index contributed by atoms with van der Waals surface area (Å²) in [6, 6.07) is 2.06. The van der Waals surface area contributed by atoms with Crippen LogP contribution in [0, 0.1) is 0 Å². The van der Waals surface area contributed by atoms with Crippen LogP contribution in [0.15, 0.2) is 12.3 Å². The van der Waals surface area contributed by atoms with Gasteiger partial charge >= 0.3 is 5.97 Å². The van der Waals surface area contributed by atoms with Gasteiger partial charge in [0.2, 0.25) is 0 Å². The lowest BCUT2D eigenvalue weighted by Crippen LogP contribution is -2.40. The molecule has 1 saturated heterocycles. The highest BCUT2D eigenvalue weighted by atomic mass is 35.5. The highest BCUT2D eigenvalue weighted by Gasteiger charge is 2.24. The van der Waals surface area contributed by atoms with Gasteiger partial charge in [-0.3, -0.25) is 0 Å². The van der Waals surface area contributed by atoms with Crippen LogP contribution in [0.2, 0.25) is 5.02 Å². The van der Waals surface area contributed by atoms with Gasteiger partial charge in [-0.15, -0.1) is 0 Å². The van der Waals surface area contributed by atoms with Crippen LogP contribution >= 0.6 is 11.6 Å². The average Bonchev–Trinajstić information content (AvgIpc) is 2.40. The maximum atomic E-state index is 11.1. The van der Waals surface area contributed by atoms with Crippen molar-refractivity contribution >= 4 is 23.4 Å². The maximum Gasteiger partial charge on any atom is 0.337 e. The summed E-state index contributed by atoms with van der Waals surface area (Å²) in [5.74, 6) is -0.266. The summed E-state index contributed by atoms with van der Waals surface area (Å²) in [7, 11) is 0. The van der Waals surface area contributed by atoms with Gasteiger partial charge in [-0.05, 0) is 31.7 Å². The minimum atomic E-state index is -1.00. The lowest BCUT2D eigenvalue weighted by Gasteiger charge is -2.36. The van der Waals surface area contributed by atoms with Crippen LogP contribution in [0.3, 0.4) is 0 Å². The minimum absolute atomic E-state index is 0.132. The molecule has 19 heavy (non-hydrogen) atoms. The zero-order valence-corrected chi connectivity index (χ0v) is 11.9. The molecule has 1 aliphatic heterocycles. The Balaban J connectivity index is 2.28. The highest BCUT2D eigenvalue weighted by molar-refractivity contribution is 6.33. The van der Waals surface area contributed by atoms with E-state index < -0.39 is 5.97 Å². The van der Waals surface area contributed by atoms with Crippen LogP contribution in [0.5, 0.6) is 0 Å². The van der Waals surface area contributed by atoms with Crippen molar-refractivity contribution in [1.82, 2.24) is 4.98 Å². The second-order valence-corrected chi connectivity index (χ2v) is 5.37. The van der Waals surface area contributed by atoms with Gasteiger partial charge in [0.15, 0.2) is 0 Å². The van der Waals surface area contributed by atoms with Gasteiger partial charge < -0.3 is 10.0 Å². The summed E-state index contributed by atoms with van der Waals surface area (Å²) >= 11 is 5.87. The molecule has 2 heterocycles. The number of carboxylic acids is 1. The first-order chi connectivity index (χ1) is 9.13. The molecule has 104 valence electrons. The number of carbonyl (C=O) groups is 1. The summed E-state index contributed by atoms with van der Waals surface area (Å²) in [5, 5.41) is 9.32. The molecule has 1 N–H and O–H groups in total. The number of rotatable bonds is 4. The normalized spacial score (nSPS) is 19.5. The van der Waals surface area contributed by atoms with Gasteiger partial charge in [-0.25, -0.2) is 9.78 Å². The fourth-order valence-electron chi connectivity index (χ4n) is 2.68. The second kappa shape index (κ2) is 6.24. The van der Waals surface area contributed by atoms with Crippen molar-refractivity contribution in [3.63, 3.8) is 0 Å². The molecule has 4 nitrogen and oxygen atoms in total. The van der Waals surface area contributed by atoms with Gasteiger partial charge in [-0.2, -0.15) is 0 Å². The molecule has 1 fully saturated rings. The predicted octanol–water partition coefficient (Wildman–Crippen LogP) is 3.59. The lowest BCUT2D eigenvalue weighted by molar-refractivity contribution is 0.0697. The fraction of sp³-hybridized carbons (Fsp3) is 0.571. The number of aromatic nitrogens is 1. The van der Waals surface area contributed by atoms with Crippen molar-refractivity contribution in [3.05, 3.63) is 22.8 Å². The highest BCUT2D eigenvalue weighted by Crippen LogP contribution is 2.28. The van der Waals surface area contributed by atoms with Crippen molar-refractivity contribution in [2.24, 2.45) is 0 Å². The standard InChI is InChI=1S/C14H19ClN2O2/c1-2-5-10-6-3-4-7-17(10)13-8-11(14(18)19)12(15)9-16-13/h8-10H,2-7H2,1H3,(H,18,19). The average molecular weight is 283 g/mol. The van der Waals surface area contributed by atoms with E-state index in [0.29, 0.717) is 6.04 Å². The third-order valence-electron chi connectivity index (χ3n) is 3.61. The number of pyridine rings is 1. The SMILES string of the molecule is CCCC1CCCCN1c1cc(C(=O)O)c(Cl)cn1. The summed E-state index contributed by atoms with van der Waals surface area (Å²) in [4.78, 5) is 17.7. The van der Waals surface area contributed by atoms with E-state index in [2.05, 4.69) is 16.8 Å². The monoisotopic (exact) mass is 282 g/mol. The number of carboxylic acid groups (broad SMARTS) is 1. The van der Waals surface area contributed by atoms with Crippen LogP contribution < -0.4 is 4.90 Å². The van der Waals surface area contributed by atoms with E-state index in [0.717, 1.165) is 38.0 Å². The molecular weight excluding hydrogens is 264 g/mol.